The molecule has 1 aliphatic rings. The zero-order valence-corrected chi connectivity index (χ0v) is 15.1. The van der Waals surface area contributed by atoms with E-state index in [1.165, 1.54) is 0 Å². The first-order valence-electron chi connectivity index (χ1n) is 8.90. The van der Waals surface area contributed by atoms with Crippen LogP contribution < -0.4 is 0 Å². The standard InChI is InChI=1S/C22H20N2O3/c1-26-22-21-13-23-18(9-17(21)12-24-22)10-19(25)11-20(16-7-8-27-14-16)15-5-3-2-4-6-15/h2-9,13-14,20H,10-12H2,1H3. The summed E-state index contributed by atoms with van der Waals surface area (Å²) in [5, 5.41) is 0. The minimum absolute atomic E-state index is 0.0182. The molecule has 4 rings (SSSR count). The maximum absolute atomic E-state index is 12.8. The van der Waals surface area contributed by atoms with Crippen molar-refractivity contribution in [3.8, 4) is 0 Å². The number of carbonyl (C=O) groups excluding carboxylic acids is 1. The Bertz CT molecular complexity index is 962. The smallest absolute Gasteiger partial charge is 0.218 e. The molecule has 5 nitrogen and oxygen atoms in total. The molecule has 0 fully saturated rings. The molecule has 1 aliphatic heterocycles. The maximum Gasteiger partial charge on any atom is 0.218 e. The minimum atomic E-state index is -0.0182. The van der Waals surface area contributed by atoms with Gasteiger partial charge in [0.25, 0.3) is 0 Å². The maximum atomic E-state index is 12.8. The Balaban J connectivity index is 1.50. The van der Waals surface area contributed by atoms with Gasteiger partial charge >= 0.3 is 0 Å². The highest BCUT2D eigenvalue weighted by molar-refractivity contribution is 5.97. The van der Waals surface area contributed by atoms with E-state index in [1.54, 1.807) is 25.8 Å². The lowest BCUT2D eigenvalue weighted by molar-refractivity contribution is -0.118. The summed E-state index contributed by atoms with van der Waals surface area (Å²) in [6.45, 7) is 0.573. The van der Waals surface area contributed by atoms with Crippen LogP contribution in [0.5, 0.6) is 0 Å². The molecule has 27 heavy (non-hydrogen) atoms. The van der Waals surface area contributed by atoms with Crippen molar-refractivity contribution >= 4 is 11.7 Å². The molecule has 0 bridgehead atoms. The first kappa shape index (κ1) is 17.2. The number of ketones is 1. The molecule has 2 aromatic heterocycles. The molecule has 3 aromatic rings. The third-order valence-electron chi connectivity index (χ3n) is 4.82. The van der Waals surface area contributed by atoms with Gasteiger partial charge in [0.1, 0.15) is 5.78 Å². The van der Waals surface area contributed by atoms with Crippen molar-refractivity contribution in [1.29, 1.82) is 0 Å². The van der Waals surface area contributed by atoms with Crippen LogP contribution in [-0.2, 0) is 22.5 Å². The fourth-order valence-electron chi connectivity index (χ4n) is 3.47. The number of carbonyl (C=O) groups is 1. The summed E-state index contributed by atoms with van der Waals surface area (Å²) < 4.78 is 10.5. The predicted octanol–water partition coefficient (Wildman–Crippen LogP) is 3.92. The lowest BCUT2D eigenvalue weighted by Gasteiger charge is -2.15. The monoisotopic (exact) mass is 360 g/mol. The van der Waals surface area contributed by atoms with E-state index in [0.29, 0.717) is 25.3 Å². The molecule has 1 unspecified atom stereocenters. The van der Waals surface area contributed by atoms with E-state index < -0.39 is 0 Å². The fraction of sp³-hybridized carbons (Fsp3) is 0.227. The van der Waals surface area contributed by atoms with E-state index in [0.717, 1.165) is 27.9 Å². The van der Waals surface area contributed by atoms with Crippen molar-refractivity contribution < 1.29 is 13.9 Å². The quantitative estimate of drug-likeness (QED) is 0.668. The first-order valence-corrected chi connectivity index (χ1v) is 8.90. The average molecular weight is 360 g/mol. The number of ether oxygens (including phenoxy) is 1. The van der Waals surface area contributed by atoms with Gasteiger partial charge in [-0.1, -0.05) is 30.3 Å². The summed E-state index contributed by atoms with van der Waals surface area (Å²) in [4.78, 5) is 21.5. The van der Waals surface area contributed by atoms with Crippen LogP contribution in [0.2, 0.25) is 0 Å². The second-order valence-electron chi connectivity index (χ2n) is 6.60. The molecule has 0 saturated carbocycles. The van der Waals surface area contributed by atoms with Crippen molar-refractivity contribution in [2.24, 2.45) is 4.99 Å². The highest BCUT2D eigenvalue weighted by Crippen LogP contribution is 2.29. The Morgan fingerprint density at radius 3 is 2.81 bits per heavy atom. The second-order valence-corrected chi connectivity index (χ2v) is 6.60. The Hall–Kier alpha value is -3.21. The van der Waals surface area contributed by atoms with Crippen molar-refractivity contribution in [2.75, 3.05) is 7.11 Å². The van der Waals surface area contributed by atoms with Gasteiger partial charge in [-0.05, 0) is 28.8 Å². The molecule has 1 aromatic carbocycles. The summed E-state index contributed by atoms with van der Waals surface area (Å²) in [6.07, 6.45) is 5.81. The van der Waals surface area contributed by atoms with Crippen LogP contribution in [0, 0.1) is 0 Å². The number of hydrogen-bond acceptors (Lipinski definition) is 5. The fourth-order valence-corrected chi connectivity index (χ4v) is 3.47. The third kappa shape index (κ3) is 3.67. The molecule has 1 atom stereocenters. The molecule has 0 amide bonds. The number of Topliss-reactive ketones (excluding diaryl/α,β-unsaturated/α-hetero) is 1. The molecule has 0 saturated heterocycles. The second kappa shape index (κ2) is 7.58. The topological polar surface area (TPSA) is 64.7 Å². The number of methoxy groups -OCH3 is 1. The Kier molecular flexibility index (Phi) is 4.83. The van der Waals surface area contributed by atoms with Crippen LogP contribution >= 0.6 is 0 Å². The van der Waals surface area contributed by atoms with Gasteiger partial charge < -0.3 is 9.15 Å². The van der Waals surface area contributed by atoms with Crippen molar-refractivity contribution in [1.82, 2.24) is 4.98 Å². The Morgan fingerprint density at radius 1 is 1.22 bits per heavy atom. The van der Waals surface area contributed by atoms with Gasteiger partial charge in [-0.2, -0.15) is 0 Å². The first-order chi connectivity index (χ1) is 13.2. The largest absolute Gasteiger partial charge is 0.481 e. The van der Waals surface area contributed by atoms with Crippen LogP contribution in [0.1, 0.15) is 40.3 Å². The zero-order valence-electron chi connectivity index (χ0n) is 15.1. The number of aliphatic imine (C=N–C) groups is 1. The number of rotatable bonds is 6. The molecule has 0 radical (unpaired) electrons. The number of fused-ring (bicyclic) bond motifs is 1. The Morgan fingerprint density at radius 2 is 2.07 bits per heavy atom. The normalized spacial score (nSPS) is 13.7. The molecule has 0 aliphatic carbocycles. The van der Waals surface area contributed by atoms with Gasteiger partial charge in [-0.3, -0.25) is 9.78 Å². The number of hydrogen-bond donors (Lipinski definition) is 0. The van der Waals surface area contributed by atoms with Crippen LogP contribution in [0.25, 0.3) is 0 Å². The summed E-state index contributed by atoms with van der Waals surface area (Å²) in [6, 6.07) is 13.9. The van der Waals surface area contributed by atoms with Crippen molar-refractivity contribution in [2.45, 2.75) is 25.3 Å². The summed E-state index contributed by atoms with van der Waals surface area (Å²) in [7, 11) is 1.60. The van der Waals surface area contributed by atoms with Crippen molar-refractivity contribution in [3.05, 3.63) is 89.1 Å². The molecule has 0 spiro atoms. The molecular weight excluding hydrogens is 340 g/mol. The van der Waals surface area contributed by atoms with E-state index >= 15 is 0 Å². The molecular formula is C22H20N2O3. The van der Waals surface area contributed by atoms with Crippen molar-refractivity contribution in [3.63, 3.8) is 0 Å². The number of pyridine rings is 1. The van der Waals surface area contributed by atoms with Crippen LogP contribution in [0.15, 0.2) is 70.6 Å². The predicted molar refractivity (Wildman–Crippen MR) is 102 cm³/mol. The number of furan rings is 1. The van der Waals surface area contributed by atoms with Gasteiger partial charge in [0.15, 0.2) is 0 Å². The molecule has 5 heteroatoms. The summed E-state index contributed by atoms with van der Waals surface area (Å²) in [5.74, 6) is 0.734. The van der Waals surface area contributed by atoms with E-state index in [2.05, 4.69) is 9.98 Å². The molecule has 3 heterocycles. The van der Waals surface area contributed by atoms with Gasteiger partial charge in [0.2, 0.25) is 5.90 Å². The summed E-state index contributed by atoms with van der Waals surface area (Å²) in [5.41, 5.74) is 4.85. The Labute approximate surface area is 157 Å². The van der Waals surface area contributed by atoms with Crippen LogP contribution in [0.4, 0.5) is 0 Å². The lowest BCUT2D eigenvalue weighted by Crippen LogP contribution is -2.12. The number of benzene rings is 1. The van der Waals surface area contributed by atoms with Crippen LogP contribution in [0.3, 0.4) is 0 Å². The van der Waals surface area contributed by atoms with Gasteiger partial charge in [-0.15, -0.1) is 0 Å². The third-order valence-corrected chi connectivity index (χ3v) is 4.82. The molecule has 0 N–H and O–H groups in total. The van der Waals surface area contributed by atoms with Crippen LogP contribution in [-0.4, -0.2) is 23.8 Å². The summed E-state index contributed by atoms with van der Waals surface area (Å²) >= 11 is 0. The molecule has 136 valence electrons. The minimum Gasteiger partial charge on any atom is -0.481 e. The van der Waals surface area contributed by atoms with E-state index in [-0.39, 0.29) is 11.7 Å². The van der Waals surface area contributed by atoms with Gasteiger partial charge in [-0.25, -0.2) is 4.99 Å². The SMILES string of the molecule is COC1=NCc2cc(CC(=O)CC(c3ccccc3)c3ccoc3)ncc21. The average Bonchev–Trinajstić information content (AvgIpc) is 3.36. The van der Waals surface area contributed by atoms with Gasteiger partial charge in [0, 0.05) is 30.7 Å². The van der Waals surface area contributed by atoms with E-state index in [4.69, 9.17) is 9.15 Å². The van der Waals surface area contributed by atoms with Gasteiger partial charge in [0.05, 0.1) is 31.7 Å². The highest BCUT2D eigenvalue weighted by Gasteiger charge is 2.21. The lowest BCUT2D eigenvalue weighted by atomic mass is 9.88. The highest BCUT2D eigenvalue weighted by atomic mass is 16.5. The zero-order chi connectivity index (χ0) is 18.6. The van der Waals surface area contributed by atoms with E-state index in [9.17, 15) is 4.79 Å². The number of aromatic nitrogens is 1. The van der Waals surface area contributed by atoms with E-state index in [1.807, 2.05) is 42.5 Å². The number of nitrogens with zero attached hydrogens (tertiary/aromatic N) is 2.